The number of thioether (sulfide) groups is 1. The van der Waals surface area contributed by atoms with E-state index in [9.17, 15) is 4.79 Å². The third-order valence-electron chi connectivity index (χ3n) is 3.82. The molecule has 1 atom stereocenters. The molecule has 0 aliphatic carbocycles. The van der Waals surface area contributed by atoms with Crippen LogP contribution in [0.2, 0.25) is 0 Å². The Morgan fingerprint density at radius 3 is 2.70 bits per heavy atom. The van der Waals surface area contributed by atoms with Gasteiger partial charge in [0.15, 0.2) is 5.78 Å². The Hall–Kier alpha value is -2.20. The van der Waals surface area contributed by atoms with Gasteiger partial charge in [0.2, 0.25) is 0 Å². The fourth-order valence-corrected chi connectivity index (χ4v) is 3.49. The maximum atomic E-state index is 12.8. The molecule has 1 heterocycles. The number of carbonyl (C=O) groups excluding carboxylic acids is 1. The lowest BCUT2D eigenvalue weighted by molar-refractivity contribution is 0.0993. The summed E-state index contributed by atoms with van der Waals surface area (Å²) in [4.78, 5) is 21.4. The highest BCUT2D eigenvalue weighted by Crippen LogP contribution is 2.30. The number of Topliss-reactive ketones (excluding diaryl/α,β-unsaturated/α-hetero) is 1. The Bertz CT molecular complexity index is 871. The molecular formula is C19H18N2OS. The predicted molar refractivity (Wildman–Crippen MR) is 95.1 cm³/mol. The van der Waals surface area contributed by atoms with Crippen molar-refractivity contribution >= 4 is 28.4 Å². The second-order valence-corrected chi connectivity index (χ2v) is 6.97. The summed E-state index contributed by atoms with van der Waals surface area (Å²) in [5.74, 6) is 0.138. The van der Waals surface area contributed by atoms with Crippen LogP contribution < -0.4 is 0 Å². The average molecular weight is 322 g/mol. The summed E-state index contributed by atoms with van der Waals surface area (Å²) in [6, 6.07) is 13.9. The fraction of sp³-hybridized carbons (Fsp3) is 0.211. The third-order valence-corrected chi connectivity index (χ3v) is 4.94. The molecule has 0 amide bonds. The number of para-hydroxylation sites is 1. The standard InChI is InChI=1S/C19H18N2OS/c1-12-8-9-13(2)16(10-12)18(22)14(3)23-19-15-6-4-5-7-17(15)20-11-21-19/h4-11,14H,1-3H3/t14-/m1/s1. The molecule has 0 bridgehead atoms. The molecule has 0 spiro atoms. The van der Waals surface area contributed by atoms with E-state index in [4.69, 9.17) is 0 Å². The highest BCUT2D eigenvalue weighted by Gasteiger charge is 2.20. The Labute approximate surface area is 140 Å². The maximum Gasteiger partial charge on any atom is 0.176 e. The lowest BCUT2D eigenvalue weighted by atomic mass is 10.0. The molecule has 0 saturated carbocycles. The van der Waals surface area contributed by atoms with Gasteiger partial charge < -0.3 is 0 Å². The molecule has 2 aromatic carbocycles. The quantitative estimate of drug-likeness (QED) is 0.400. The SMILES string of the molecule is Cc1ccc(C)c(C(=O)[C@@H](C)Sc2ncnc3ccccc23)c1. The van der Waals surface area contributed by atoms with Crippen molar-refractivity contribution in [3.8, 4) is 0 Å². The zero-order valence-electron chi connectivity index (χ0n) is 13.4. The summed E-state index contributed by atoms with van der Waals surface area (Å²) in [6.45, 7) is 5.92. The van der Waals surface area contributed by atoms with Gasteiger partial charge in [-0.25, -0.2) is 9.97 Å². The van der Waals surface area contributed by atoms with Gasteiger partial charge >= 0.3 is 0 Å². The van der Waals surface area contributed by atoms with Crippen LogP contribution in [0, 0.1) is 13.8 Å². The molecule has 116 valence electrons. The number of aryl methyl sites for hydroxylation is 2. The van der Waals surface area contributed by atoms with Crippen molar-refractivity contribution in [3.63, 3.8) is 0 Å². The van der Waals surface area contributed by atoms with Gasteiger partial charge in [0, 0.05) is 10.9 Å². The van der Waals surface area contributed by atoms with Crippen molar-refractivity contribution in [2.45, 2.75) is 31.0 Å². The molecule has 0 saturated heterocycles. The van der Waals surface area contributed by atoms with E-state index in [0.717, 1.165) is 32.6 Å². The number of carbonyl (C=O) groups is 1. The first kappa shape index (κ1) is 15.7. The van der Waals surface area contributed by atoms with Gasteiger partial charge in [0.05, 0.1) is 10.8 Å². The predicted octanol–water partition coefficient (Wildman–Crippen LogP) is 4.61. The molecule has 0 N–H and O–H groups in total. The van der Waals surface area contributed by atoms with Crippen LogP contribution in [-0.2, 0) is 0 Å². The number of nitrogens with zero attached hydrogens (tertiary/aromatic N) is 2. The van der Waals surface area contributed by atoms with Gasteiger partial charge in [0.1, 0.15) is 11.4 Å². The normalized spacial score (nSPS) is 12.3. The molecule has 0 aliphatic heterocycles. The minimum atomic E-state index is -0.200. The number of ketones is 1. The molecular weight excluding hydrogens is 304 g/mol. The highest BCUT2D eigenvalue weighted by atomic mass is 32.2. The lowest BCUT2D eigenvalue weighted by Gasteiger charge is -2.13. The van der Waals surface area contributed by atoms with Crippen LogP contribution in [0.15, 0.2) is 53.8 Å². The summed E-state index contributed by atoms with van der Waals surface area (Å²) in [6.07, 6.45) is 1.56. The Kier molecular flexibility index (Phi) is 4.44. The minimum absolute atomic E-state index is 0.138. The number of hydrogen-bond acceptors (Lipinski definition) is 4. The molecule has 0 radical (unpaired) electrons. The Balaban J connectivity index is 1.90. The molecule has 1 aromatic heterocycles. The van der Waals surface area contributed by atoms with Gasteiger partial charge in [0.25, 0.3) is 0 Å². The van der Waals surface area contributed by atoms with E-state index < -0.39 is 0 Å². The van der Waals surface area contributed by atoms with E-state index in [2.05, 4.69) is 9.97 Å². The third kappa shape index (κ3) is 3.27. The summed E-state index contributed by atoms with van der Waals surface area (Å²) >= 11 is 1.49. The molecule has 0 aliphatic rings. The van der Waals surface area contributed by atoms with Gasteiger partial charge in [-0.1, -0.05) is 47.7 Å². The van der Waals surface area contributed by atoms with E-state index in [1.54, 1.807) is 6.33 Å². The zero-order valence-corrected chi connectivity index (χ0v) is 14.2. The Morgan fingerprint density at radius 1 is 1.09 bits per heavy atom. The van der Waals surface area contributed by atoms with Crippen LogP contribution in [0.3, 0.4) is 0 Å². The van der Waals surface area contributed by atoms with Crippen LogP contribution in [0.25, 0.3) is 10.9 Å². The maximum absolute atomic E-state index is 12.8. The van der Waals surface area contributed by atoms with E-state index in [-0.39, 0.29) is 11.0 Å². The molecule has 0 unspecified atom stereocenters. The van der Waals surface area contributed by atoms with Gasteiger partial charge in [-0.05, 0) is 38.5 Å². The topological polar surface area (TPSA) is 42.9 Å². The molecule has 3 aromatic rings. The number of rotatable bonds is 4. The van der Waals surface area contributed by atoms with E-state index in [1.165, 1.54) is 11.8 Å². The largest absolute Gasteiger partial charge is 0.293 e. The van der Waals surface area contributed by atoms with Gasteiger partial charge in [-0.3, -0.25) is 4.79 Å². The number of benzene rings is 2. The highest BCUT2D eigenvalue weighted by molar-refractivity contribution is 8.00. The number of hydrogen-bond donors (Lipinski definition) is 0. The first-order valence-corrected chi connectivity index (χ1v) is 8.42. The van der Waals surface area contributed by atoms with Crippen LogP contribution in [0.1, 0.15) is 28.4 Å². The van der Waals surface area contributed by atoms with Crippen molar-refractivity contribution in [1.82, 2.24) is 9.97 Å². The summed E-state index contributed by atoms with van der Waals surface area (Å²) in [5.41, 5.74) is 3.81. The molecule has 0 fully saturated rings. The van der Waals surface area contributed by atoms with Crippen LogP contribution in [0.4, 0.5) is 0 Å². The lowest BCUT2D eigenvalue weighted by Crippen LogP contribution is -2.15. The van der Waals surface area contributed by atoms with Crippen molar-refractivity contribution in [1.29, 1.82) is 0 Å². The Morgan fingerprint density at radius 2 is 1.87 bits per heavy atom. The molecule has 3 rings (SSSR count). The van der Waals surface area contributed by atoms with E-state index in [1.807, 2.05) is 63.2 Å². The number of fused-ring (bicyclic) bond motifs is 1. The molecule has 3 nitrogen and oxygen atoms in total. The second kappa shape index (κ2) is 6.50. The van der Waals surface area contributed by atoms with Crippen LogP contribution in [0.5, 0.6) is 0 Å². The first-order valence-electron chi connectivity index (χ1n) is 7.54. The van der Waals surface area contributed by atoms with E-state index >= 15 is 0 Å². The van der Waals surface area contributed by atoms with Crippen molar-refractivity contribution in [2.24, 2.45) is 0 Å². The summed E-state index contributed by atoms with van der Waals surface area (Å²) in [5, 5.41) is 1.64. The zero-order chi connectivity index (χ0) is 16.4. The van der Waals surface area contributed by atoms with Crippen LogP contribution >= 0.6 is 11.8 Å². The molecule has 4 heteroatoms. The molecule has 23 heavy (non-hydrogen) atoms. The van der Waals surface area contributed by atoms with E-state index in [0.29, 0.717) is 0 Å². The minimum Gasteiger partial charge on any atom is -0.293 e. The number of aromatic nitrogens is 2. The van der Waals surface area contributed by atoms with Crippen molar-refractivity contribution < 1.29 is 4.79 Å². The summed E-state index contributed by atoms with van der Waals surface area (Å²) < 4.78 is 0. The van der Waals surface area contributed by atoms with Gasteiger partial charge in [-0.15, -0.1) is 0 Å². The van der Waals surface area contributed by atoms with Crippen molar-refractivity contribution in [2.75, 3.05) is 0 Å². The van der Waals surface area contributed by atoms with Crippen molar-refractivity contribution in [3.05, 3.63) is 65.5 Å². The van der Waals surface area contributed by atoms with Gasteiger partial charge in [-0.2, -0.15) is 0 Å². The smallest absolute Gasteiger partial charge is 0.176 e. The monoisotopic (exact) mass is 322 g/mol. The first-order chi connectivity index (χ1) is 11.1. The van der Waals surface area contributed by atoms with Crippen LogP contribution in [-0.4, -0.2) is 21.0 Å². The summed E-state index contributed by atoms with van der Waals surface area (Å²) in [7, 11) is 0. The second-order valence-electron chi connectivity index (χ2n) is 5.64. The fourth-order valence-electron chi connectivity index (χ4n) is 2.52. The average Bonchev–Trinajstić information content (AvgIpc) is 2.56.